The Hall–Kier alpha value is -2.74. The molecule has 2 saturated heterocycles. The summed E-state index contributed by atoms with van der Waals surface area (Å²) in [6.07, 6.45) is 6.36. The van der Waals surface area contributed by atoms with Crippen molar-refractivity contribution in [1.29, 1.82) is 0 Å². The Balaban J connectivity index is 1.42. The third-order valence-electron chi connectivity index (χ3n) is 5.71. The molecule has 0 saturated carbocycles. The largest absolute Gasteiger partial charge is 0.369 e. The molecule has 0 unspecified atom stereocenters. The minimum Gasteiger partial charge on any atom is -0.369 e. The van der Waals surface area contributed by atoms with Gasteiger partial charge in [0, 0.05) is 51.4 Å². The maximum atomic E-state index is 12.7. The number of aryl methyl sites for hydroxylation is 1. The molecule has 8 nitrogen and oxygen atoms in total. The first-order chi connectivity index (χ1) is 13.6. The number of rotatable bonds is 5. The van der Waals surface area contributed by atoms with Crippen molar-refractivity contribution in [3.05, 3.63) is 48.0 Å². The number of carbonyl (C=O) groups is 2. The Morgan fingerprint density at radius 2 is 1.93 bits per heavy atom. The van der Waals surface area contributed by atoms with Gasteiger partial charge in [0.15, 0.2) is 6.10 Å². The van der Waals surface area contributed by atoms with Crippen molar-refractivity contribution in [3.8, 4) is 0 Å². The maximum Gasteiger partial charge on any atom is 0.274 e. The van der Waals surface area contributed by atoms with Crippen LogP contribution in [0.4, 0.5) is 0 Å². The SMILES string of the molecule is CCn1ccc(C(=O)N2CCC(N3C(=O)[C@H](OC)[C@@H]3c3ccncc3)CC2)n1. The summed E-state index contributed by atoms with van der Waals surface area (Å²) < 4.78 is 7.18. The van der Waals surface area contributed by atoms with Crippen molar-refractivity contribution in [2.75, 3.05) is 20.2 Å². The van der Waals surface area contributed by atoms with E-state index in [-0.39, 0.29) is 23.9 Å². The normalized spacial score (nSPS) is 23.0. The summed E-state index contributed by atoms with van der Waals surface area (Å²) in [4.78, 5) is 33.1. The van der Waals surface area contributed by atoms with Crippen molar-refractivity contribution in [1.82, 2.24) is 24.6 Å². The summed E-state index contributed by atoms with van der Waals surface area (Å²) in [5.74, 6) is -0.0168. The van der Waals surface area contributed by atoms with Crippen LogP contribution in [0.2, 0.25) is 0 Å². The molecule has 0 bridgehead atoms. The molecule has 2 aromatic rings. The Morgan fingerprint density at radius 3 is 2.54 bits per heavy atom. The average Bonchev–Trinajstić information content (AvgIpc) is 3.22. The van der Waals surface area contributed by atoms with Gasteiger partial charge in [-0.25, -0.2) is 0 Å². The van der Waals surface area contributed by atoms with Crippen LogP contribution >= 0.6 is 0 Å². The van der Waals surface area contributed by atoms with Gasteiger partial charge in [-0.2, -0.15) is 5.10 Å². The van der Waals surface area contributed by atoms with E-state index in [2.05, 4.69) is 10.1 Å². The molecule has 4 heterocycles. The molecule has 0 N–H and O–H groups in total. The van der Waals surface area contributed by atoms with Crippen molar-refractivity contribution < 1.29 is 14.3 Å². The fraction of sp³-hybridized carbons (Fsp3) is 0.500. The molecule has 0 radical (unpaired) electrons. The number of hydrogen-bond donors (Lipinski definition) is 0. The van der Waals surface area contributed by atoms with Crippen molar-refractivity contribution >= 4 is 11.8 Å². The van der Waals surface area contributed by atoms with Crippen LogP contribution in [0.3, 0.4) is 0 Å². The second-order valence-electron chi connectivity index (χ2n) is 7.21. The highest BCUT2D eigenvalue weighted by atomic mass is 16.5. The predicted molar refractivity (Wildman–Crippen MR) is 101 cm³/mol. The second kappa shape index (κ2) is 7.71. The van der Waals surface area contributed by atoms with Crippen molar-refractivity contribution in [3.63, 3.8) is 0 Å². The lowest BCUT2D eigenvalue weighted by Gasteiger charge is -2.52. The molecular formula is C20H25N5O3. The van der Waals surface area contributed by atoms with E-state index in [4.69, 9.17) is 4.74 Å². The van der Waals surface area contributed by atoms with Gasteiger partial charge in [-0.15, -0.1) is 0 Å². The van der Waals surface area contributed by atoms with E-state index < -0.39 is 6.10 Å². The van der Waals surface area contributed by atoms with E-state index in [0.29, 0.717) is 18.8 Å². The molecule has 2 amide bonds. The number of ether oxygens (including phenoxy) is 1. The summed E-state index contributed by atoms with van der Waals surface area (Å²) in [5, 5.41) is 4.31. The summed E-state index contributed by atoms with van der Waals surface area (Å²) in [5.41, 5.74) is 1.51. The zero-order valence-corrected chi connectivity index (χ0v) is 16.2. The number of methoxy groups -OCH3 is 1. The highest BCUT2D eigenvalue weighted by molar-refractivity contribution is 5.92. The van der Waals surface area contributed by atoms with Crippen molar-refractivity contribution in [2.45, 2.75) is 44.5 Å². The minimum atomic E-state index is -0.444. The number of pyridine rings is 1. The summed E-state index contributed by atoms with van der Waals surface area (Å²) in [7, 11) is 1.57. The van der Waals surface area contributed by atoms with Gasteiger partial charge in [-0.05, 0) is 43.5 Å². The Labute approximate surface area is 164 Å². The number of amides is 2. The van der Waals surface area contributed by atoms with Crippen molar-refractivity contribution in [2.24, 2.45) is 0 Å². The number of aromatic nitrogens is 3. The molecule has 8 heteroatoms. The topological polar surface area (TPSA) is 80.6 Å². The third kappa shape index (κ3) is 3.17. The van der Waals surface area contributed by atoms with Crippen LogP contribution in [0, 0.1) is 0 Å². The van der Waals surface area contributed by atoms with Gasteiger partial charge in [0.05, 0.1) is 6.04 Å². The van der Waals surface area contributed by atoms with Gasteiger partial charge in [-0.1, -0.05) is 0 Å². The van der Waals surface area contributed by atoms with E-state index in [0.717, 1.165) is 24.9 Å². The van der Waals surface area contributed by atoms with Gasteiger partial charge in [0.1, 0.15) is 5.69 Å². The summed E-state index contributed by atoms with van der Waals surface area (Å²) in [6, 6.07) is 5.64. The van der Waals surface area contributed by atoms with Crippen LogP contribution in [0.25, 0.3) is 0 Å². The van der Waals surface area contributed by atoms with Crippen LogP contribution in [-0.4, -0.2) is 68.7 Å². The quantitative estimate of drug-likeness (QED) is 0.731. The van der Waals surface area contributed by atoms with Gasteiger partial charge >= 0.3 is 0 Å². The molecule has 28 heavy (non-hydrogen) atoms. The average molecular weight is 383 g/mol. The first-order valence-corrected chi connectivity index (χ1v) is 9.71. The molecule has 0 aromatic carbocycles. The number of nitrogens with zero attached hydrogens (tertiary/aromatic N) is 5. The fourth-order valence-electron chi connectivity index (χ4n) is 4.18. The lowest BCUT2D eigenvalue weighted by molar-refractivity contribution is -0.178. The van der Waals surface area contributed by atoms with Gasteiger partial charge in [0.2, 0.25) is 0 Å². The molecule has 0 aliphatic carbocycles. The highest BCUT2D eigenvalue weighted by Crippen LogP contribution is 2.40. The number of carbonyl (C=O) groups excluding carboxylic acids is 2. The van der Waals surface area contributed by atoms with Gasteiger partial charge < -0.3 is 14.5 Å². The molecule has 2 aliphatic rings. The van der Waals surface area contributed by atoms with Crippen LogP contribution in [-0.2, 0) is 16.1 Å². The smallest absolute Gasteiger partial charge is 0.274 e. The molecule has 0 spiro atoms. The maximum absolute atomic E-state index is 12.7. The lowest BCUT2D eigenvalue weighted by atomic mass is 9.86. The molecular weight excluding hydrogens is 358 g/mol. The molecule has 148 valence electrons. The molecule has 2 atom stereocenters. The number of piperidine rings is 1. The third-order valence-corrected chi connectivity index (χ3v) is 5.71. The van der Waals surface area contributed by atoms with Crippen LogP contribution in [0.5, 0.6) is 0 Å². The number of β-lactam (4-membered cyclic amide) rings is 1. The summed E-state index contributed by atoms with van der Waals surface area (Å²) in [6.45, 7) is 3.97. The molecule has 2 aromatic heterocycles. The Kier molecular flexibility index (Phi) is 5.13. The first-order valence-electron chi connectivity index (χ1n) is 9.71. The number of likely N-dealkylation sites (tertiary alicyclic amines) is 2. The van der Waals surface area contributed by atoms with Crippen LogP contribution < -0.4 is 0 Å². The van der Waals surface area contributed by atoms with Crippen LogP contribution in [0.1, 0.15) is 41.9 Å². The zero-order valence-electron chi connectivity index (χ0n) is 16.2. The lowest BCUT2D eigenvalue weighted by Crippen LogP contribution is -2.64. The molecule has 2 aliphatic heterocycles. The minimum absolute atomic E-state index is 0.0239. The standard InChI is InChI=1S/C20H25N5O3/c1-3-24-13-8-16(22-24)19(26)23-11-6-15(7-12-23)25-17(18(28-2)20(25)27)14-4-9-21-10-5-14/h4-5,8-10,13,15,17-18H,3,6-7,11-12H2,1-2H3/t17-,18+/m0/s1. The van der Waals surface area contributed by atoms with E-state index in [1.165, 1.54) is 0 Å². The molecule has 2 fully saturated rings. The zero-order chi connectivity index (χ0) is 19.7. The van der Waals surface area contributed by atoms with E-state index in [1.54, 1.807) is 30.3 Å². The fourth-order valence-corrected chi connectivity index (χ4v) is 4.18. The predicted octanol–water partition coefficient (Wildman–Crippen LogP) is 1.50. The van der Waals surface area contributed by atoms with Crippen LogP contribution in [0.15, 0.2) is 36.8 Å². The highest BCUT2D eigenvalue weighted by Gasteiger charge is 2.51. The monoisotopic (exact) mass is 383 g/mol. The second-order valence-corrected chi connectivity index (χ2v) is 7.21. The summed E-state index contributed by atoms with van der Waals surface area (Å²) >= 11 is 0. The van der Waals surface area contributed by atoms with E-state index in [9.17, 15) is 9.59 Å². The van der Waals surface area contributed by atoms with E-state index in [1.807, 2.05) is 35.1 Å². The Morgan fingerprint density at radius 1 is 1.21 bits per heavy atom. The van der Waals surface area contributed by atoms with Gasteiger partial charge in [0.25, 0.3) is 11.8 Å². The van der Waals surface area contributed by atoms with Gasteiger partial charge in [-0.3, -0.25) is 19.3 Å². The van der Waals surface area contributed by atoms with E-state index >= 15 is 0 Å². The Bertz CT molecular complexity index is 845. The first kappa shape index (κ1) is 18.6. The molecule has 4 rings (SSSR count). The number of hydrogen-bond acceptors (Lipinski definition) is 5.